The van der Waals surface area contributed by atoms with Crippen LogP contribution in [-0.2, 0) is 26.0 Å². The third-order valence-electron chi connectivity index (χ3n) is 6.64. The second-order valence-electron chi connectivity index (χ2n) is 10.1. The number of aryl methyl sites for hydroxylation is 1. The van der Waals surface area contributed by atoms with Crippen molar-refractivity contribution in [1.29, 1.82) is 0 Å². The highest BCUT2D eigenvalue weighted by Crippen LogP contribution is 2.39. The summed E-state index contributed by atoms with van der Waals surface area (Å²) in [6.45, 7) is 1.11. The summed E-state index contributed by atoms with van der Waals surface area (Å²) in [5.41, 5.74) is 5.07. The van der Waals surface area contributed by atoms with E-state index >= 15 is 0 Å². The number of amides is 1. The number of nitrogens with one attached hydrogen (secondary N) is 2. The van der Waals surface area contributed by atoms with Crippen molar-refractivity contribution < 1.29 is 23.1 Å². The first-order chi connectivity index (χ1) is 19.4. The molecular formula is C30H33ClN4O5S. The number of rotatable bonds is 12. The molecule has 3 aromatic carbocycles. The molecule has 0 spiro atoms. The molecule has 0 aromatic heterocycles. The third-order valence-corrected chi connectivity index (χ3v) is 8.07. The fourth-order valence-electron chi connectivity index (χ4n) is 4.63. The number of sulfonamides is 1. The fraction of sp³-hybridized carbons (Fsp3) is 0.267. The molecule has 0 saturated carbocycles. The van der Waals surface area contributed by atoms with Crippen LogP contribution in [0.4, 0.5) is 17.1 Å². The molecule has 1 amide bonds. The highest BCUT2D eigenvalue weighted by molar-refractivity contribution is 7.92. The van der Waals surface area contributed by atoms with Gasteiger partial charge in [-0.15, -0.1) is 0 Å². The number of benzene rings is 3. The van der Waals surface area contributed by atoms with Crippen LogP contribution in [0.2, 0.25) is 5.02 Å². The Morgan fingerprint density at radius 2 is 1.68 bits per heavy atom. The van der Waals surface area contributed by atoms with Gasteiger partial charge < -0.3 is 20.6 Å². The lowest BCUT2D eigenvalue weighted by atomic mass is 9.98. The van der Waals surface area contributed by atoms with Gasteiger partial charge in [-0.25, -0.2) is 8.42 Å². The van der Waals surface area contributed by atoms with Gasteiger partial charge in [0, 0.05) is 29.2 Å². The number of fused-ring (bicyclic) bond motifs is 1. The van der Waals surface area contributed by atoms with E-state index in [4.69, 9.17) is 16.7 Å². The summed E-state index contributed by atoms with van der Waals surface area (Å²) >= 11 is 6.16. The Labute approximate surface area is 245 Å². The number of hydrogen-bond acceptors (Lipinski definition) is 6. The SMILES string of the molecule is CN(C)CCCN(c1ccc(NC(=C2C(=O)Nc3cc(Cl)ccc32)c2ccc(CCC(=O)O)cc2)cc1)S(C)(=O)=O. The van der Waals surface area contributed by atoms with Crippen LogP contribution < -0.4 is 14.9 Å². The van der Waals surface area contributed by atoms with Gasteiger partial charge in [-0.05, 0) is 81.0 Å². The molecule has 1 aliphatic rings. The number of aliphatic carboxylic acids is 1. The molecule has 0 fully saturated rings. The summed E-state index contributed by atoms with van der Waals surface area (Å²) < 4.78 is 26.4. The van der Waals surface area contributed by atoms with Gasteiger partial charge in [0.15, 0.2) is 0 Å². The van der Waals surface area contributed by atoms with E-state index in [0.717, 1.165) is 17.7 Å². The Kier molecular flexibility index (Phi) is 9.37. The second kappa shape index (κ2) is 12.8. The maximum atomic E-state index is 13.2. The monoisotopic (exact) mass is 596 g/mol. The molecule has 0 aliphatic carbocycles. The van der Waals surface area contributed by atoms with Crippen molar-refractivity contribution in [2.75, 3.05) is 48.4 Å². The molecule has 11 heteroatoms. The number of carboxylic acid groups (broad SMARTS) is 1. The van der Waals surface area contributed by atoms with E-state index in [9.17, 15) is 18.0 Å². The average Bonchev–Trinajstić information content (AvgIpc) is 3.23. The number of hydrogen-bond donors (Lipinski definition) is 3. The fourth-order valence-corrected chi connectivity index (χ4v) is 5.77. The normalized spacial score (nSPS) is 14.0. The Bertz CT molecular complexity index is 1570. The molecular weight excluding hydrogens is 564 g/mol. The first kappa shape index (κ1) is 30.1. The molecule has 0 unspecified atom stereocenters. The first-order valence-electron chi connectivity index (χ1n) is 13.1. The van der Waals surface area contributed by atoms with E-state index in [0.29, 0.717) is 58.3 Å². The average molecular weight is 597 g/mol. The van der Waals surface area contributed by atoms with E-state index in [1.54, 1.807) is 42.5 Å². The van der Waals surface area contributed by atoms with E-state index in [2.05, 4.69) is 10.6 Å². The number of carboxylic acids is 1. The van der Waals surface area contributed by atoms with Gasteiger partial charge in [-0.1, -0.05) is 41.9 Å². The smallest absolute Gasteiger partial charge is 0.303 e. The maximum absolute atomic E-state index is 13.2. The molecule has 4 rings (SSSR count). The van der Waals surface area contributed by atoms with E-state index in [1.807, 2.05) is 43.3 Å². The number of nitrogens with zero attached hydrogens (tertiary/aromatic N) is 2. The van der Waals surface area contributed by atoms with Crippen LogP contribution in [0.5, 0.6) is 0 Å². The summed E-state index contributed by atoms with van der Waals surface area (Å²) in [5, 5.41) is 15.8. The standard InChI is InChI=1S/C30H33ClN4O5S/c1-34(2)17-4-18-35(41(3,39)40)24-13-11-23(12-14-24)32-29(21-8-5-20(6-9-21)7-16-27(36)37)28-25-15-10-22(31)19-26(25)33-30(28)38/h5-6,8-15,19,32H,4,7,16-18H2,1-3H3,(H,33,38)(H,36,37). The van der Waals surface area contributed by atoms with Crippen LogP contribution in [0.25, 0.3) is 11.3 Å². The molecule has 0 radical (unpaired) electrons. The van der Waals surface area contributed by atoms with Gasteiger partial charge in [-0.3, -0.25) is 13.9 Å². The minimum Gasteiger partial charge on any atom is -0.481 e. The third kappa shape index (κ3) is 7.66. The highest BCUT2D eigenvalue weighted by atomic mass is 35.5. The number of halogens is 1. The minimum atomic E-state index is -3.48. The van der Waals surface area contributed by atoms with Gasteiger partial charge in [0.1, 0.15) is 0 Å². The van der Waals surface area contributed by atoms with Crippen molar-refractivity contribution >= 4 is 61.8 Å². The molecule has 216 valence electrons. The highest BCUT2D eigenvalue weighted by Gasteiger charge is 2.29. The molecule has 0 saturated heterocycles. The summed E-state index contributed by atoms with van der Waals surface area (Å²) in [5.74, 6) is -1.16. The van der Waals surface area contributed by atoms with Crippen molar-refractivity contribution in [3.63, 3.8) is 0 Å². The molecule has 3 aromatic rings. The lowest BCUT2D eigenvalue weighted by Crippen LogP contribution is -2.32. The van der Waals surface area contributed by atoms with E-state index < -0.39 is 16.0 Å². The minimum absolute atomic E-state index is 0.0219. The largest absolute Gasteiger partial charge is 0.481 e. The summed E-state index contributed by atoms with van der Waals surface area (Å²) in [6.07, 6.45) is 2.29. The Morgan fingerprint density at radius 3 is 2.29 bits per heavy atom. The van der Waals surface area contributed by atoms with Gasteiger partial charge in [0.2, 0.25) is 10.0 Å². The molecule has 1 heterocycles. The van der Waals surface area contributed by atoms with Crippen LogP contribution in [0.15, 0.2) is 66.7 Å². The summed E-state index contributed by atoms with van der Waals surface area (Å²) in [7, 11) is 0.404. The number of anilines is 3. The van der Waals surface area contributed by atoms with Gasteiger partial charge >= 0.3 is 5.97 Å². The number of carbonyl (C=O) groups is 2. The summed E-state index contributed by atoms with van der Waals surface area (Å²) in [4.78, 5) is 26.2. The van der Waals surface area contributed by atoms with Gasteiger partial charge in [-0.2, -0.15) is 0 Å². The zero-order valence-corrected chi connectivity index (χ0v) is 24.7. The van der Waals surface area contributed by atoms with Crippen LogP contribution in [0.1, 0.15) is 29.5 Å². The predicted octanol–water partition coefficient (Wildman–Crippen LogP) is 5.01. The van der Waals surface area contributed by atoms with Crippen LogP contribution in [-0.4, -0.2) is 63.7 Å². The molecule has 0 atom stereocenters. The molecule has 0 bridgehead atoms. The molecule has 9 nitrogen and oxygen atoms in total. The van der Waals surface area contributed by atoms with Crippen molar-refractivity contribution in [2.24, 2.45) is 0 Å². The zero-order chi connectivity index (χ0) is 29.7. The molecule has 1 aliphatic heterocycles. The quantitative estimate of drug-likeness (QED) is 0.252. The zero-order valence-electron chi connectivity index (χ0n) is 23.1. The Hall–Kier alpha value is -3.86. The maximum Gasteiger partial charge on any atom is 0.303 e. The first-order valence-corrected chi connectivity index (χ1v) is 15.3. The van der Waals surface area contributed by atoms with Gasteiger partial charge in [0.25, 0.3) is 5.91 Å². The van der Waals surface area contributed by atoms with Crippen molar-refractivity contribution in [3.8, 4) is 0 Å². The van der Waals surface area contributed by atoms with E-state index in [1.165, 1.54) is 10.6 Å². The van der Waals surface area contributed by atoms with Crippen LogP contribution in [0.3, 0.4) is 0 Å². The summed E-state index contributed by atoms with van der Waals surface area (Å²) in [6, 6.07) is 19.6. The van der Waals surface area contributed by atoms with Crippen molar-refractivity contribution in [2.45, 2.75) is 19.3 Å². The lowest BCUT2D eigenvalue weighted by molar-refractivity contribution is -0.137. The van der Waals surface area contributed by atoms with Gasteiger partial charge in [0.05, 0.1) is 28.9 Å². The topological polar surface area (TPSA) is 119 Å². The molecule has 3 N–H and O–H groups in total. The Morgan fingerprint density at radius 1 is 1.00 bits per heavy atom. The number of carbonyl (C=O) groups excluding carboxylic acids is 1. The Balaban J connectivity index is 1.70. The molecule has 41 heavy (non-hydrogen) atoms. The van der Waals surface area contributed by atoms with Crippen LogP contribution >= 0.6 is 11.6 Å². The predicted molar refractivity (Wildman–Crippen MR) is 165 cm³/mol. The van der Waals surface area contributed by atoms with Crippen LogP contribution in [0, 0.1) is 0 Å². The van der Waals surface area contributed by atoms with Crippen molar-refractivity contribution in [1.82, 2.24) is 4.90 Å². The second-order valence-corrected chi connectivity index (χ2v) is 12.5. The lowest BCUT2D eigenvalue weighted by Gasteiger charge is -2.24. The van der Waals surface area contributed by atoms with Crippen molar-refractivity contribution in [3.05, 3.63) is 88.4 Å². The van der Waals surface area contributed by atoms with E-state index in [-0.39, 0.29) is 12.3 Å².